The Labute approximate surface area is 93.5 Å². The second-order valence-corrected chi connectivity index (χ2v) is 3.85. The first-order valence-electron chi connectivity index (χ1n) is 5.00. The number of carbonyl (C=O) groups is 2. The summed E-state index contributed by atoms with van der Waals surface area (Å²) in [5.41, 5.74) is 1.21. The molecule has 1 unspecified atom stereocenters. The van der Waals surface area contributed by atoms with E-state index in [9.17, 15) is 14.7 Å². The van der Waals surface area contributed by atoms with E-state index in [4.69, 9.17) is 5.11 Å². The number of aliphatic carboxylic acids is 1. The maximum absolute atomic E-state index is 10.5. The van der Waals surface area contributed by atoms with Gasteiger partial charge in [0.2, 0.25) is 0 Å². The van der Waals surface area contributed by atoms with Gasteiger partial charge in [0, 0.05) is 5.92 Å². The zero-order valence-electron chi connectivity index (χ0n) is 9.01. The first-order valence-corrected chi connectivity index (χ1v) is 5.00. The molecule has 1 aromatic rings. The largest absolute Gasteiger partial charge is 0.508 e. The normalized spacial score (nSPS) is 12.1. The average molecular weight is 222 g/mol. The zero-order chi connectivity index (χ0) is 12.1. The second kappa shape index (κ2) is 5.30. The predicted molar refractivity (Wildman–Crippen MR) is 58.4 cm³/mol. The maximum Gasteiger partial charge on any atom is 0.307 e. The Morgan fingerprint density at radius 2 is 2.19 bits per heavy atom. The van der Waals surface area contributed by atoms with Crippen molar-refractivity contribution in [2.75, 3.05) is 0 Å². The molecule has 0 saturated heterocycles. The monoisotopic (exact) mass is 222 g/mol. The van der Waals surface area contributed by atoms with Crippen molar-refractivity contribution in [1.29, 1.82) is 0 Å². The fourth-order valence-corrected chi connectivity index (χ4v) is 1.46. The minimum absolute atomic E-state index is 0.0486. The Kier molecular flexibility index (Phi) is 4.05. The number of hydrogen-bond donors (Lipinski definition) is 2. The molecule has 2 N–H and O–H groups in total. The van der Waals surface area contributed by atoms with E-state index in [0.717, 1.165) is 6.29 Å². The smallest absolute Gasteiger partial charge is 0.307 e. The van der Waals surface area contributed by atoms with Crippen molar-refractivity contribution in [2.24, 2.45) is 5.92 Å². The van der Waals surface area contributed by atoms with Crippen molar-refractivity contribution < 1.29 is 19.8 Å². The molecular weight excluding hydrogens is 208 g/mol. The number of benzene rings is 1. The lowest BCUT2D eigenvalue weighted by Gasteiger charge is -2.07. The summed E-state index contributed by atoms with van der Waals surface area (Å²) in [6.07, 6.45) is 1.17. The minimum Gasteiger partial charge on any atom is -0.508 e. The van der Waals surface area contributed by atoms with Crippen molar-refractivity contribution in [2.45, 2.75) is 19.8 Å². The van der Waals surface area contributed by atoms with Crippen LogP contribution < -0.4 is 0 Å². The Hall–Kier alpha value is -1.84. The first-order chi connectivity index (χ1) is 7.52. The van der Waals surface area contributed by atoms with Gasteiger partial charge in [0.1, 0.15) is 12.0 Å². The summed E-state index contributed by atoms with van der Waals surface area (Å²) in [4.78, 5) is 20.9. The van der Waals surface area contributed by atoms with E-state index < -0.39 is 5.97 Å². The number of aromatic hydroxyl groups is 1. The van der Waals surface area contributed by atoms with E-state index in [-0.39, 0.29) is 18.1 Å². The third-order valence-electron chi connectivity index (χ3n) is 2.28. The molecule has 4 heteroatoms. The number of hydrogen-bond acceptors (Lipinski definition) is 3. The lowest BCUT2D eigenvalue weighted by Crippen LogP contribution is -2.03. The minimum atomic E-state index is -0.937. The van der Waals surface area contributed by atoms with Gasteiger partial charge in [-0.1, -0.05) is 19.1 Å². The highest BCUT2D eigenvalue weighted by molar-refractivity contribution is 5.70. The topological polar surface area (TPSA) is 74.6 Å². The Morgan fingerprint density at radius 3 is 2.69 bits per heavy atom. The summed E-state index contributed by atoms with van der Waals surface area (Å²) in [7, 11) is 0. The van der Waals surface area contributed by atoms with Crippen LogP contribution in [0.1, 0.15) is 18.1 Å². The Bertz CT molecular complexity index is 398. The summed E-state index contributed by atoms with van der Waals surface area (Å²) < 4.78 is 0. The van der Waals surface area contributed by atoms with E-state index in [1.165, 1.54) is 6.07 Å². The van der Waals surface area contributed by atoms with E-state index in [1.807, 2.05) is 0 Å². The molecule has 0 heterocycles. The van der Waals surface area contributed by atoms with Crippen LogP contribution >= 0.6 is 0 Å². The molecule has 0 saturated carbocycles. The molecule has 86 valence electrons. The van der Waals surface area contributed by atoms with E-state index >= 15 is 0 Å². The van der Waals surface area contributed by atoms with Crippen LogP contribution in [0.15, 0.2) is 18.2 Å². The quantitative estimate of drug-likeness (QED) is 0.738. The van der Waals surface area contributed by atoms with Gasteiger partial charge in [0.05, 0.1) is 6.42 Å². The van der Waals surface area contributed by atoms with Crippen molar-refractivity contribution in [3.8, 4) is 5.75 Å². The standard InChI is InChI=1S/C12H14O4/c1-8(7-13)4-10-3-2-9(5-11(10)14)6-12(15)16/h2-3,5,7-8,14H,4,6H2,1H3,(H,15,16). The molecule has 0 aromatic heterocycles. The van der Waals surface area contributed by atoms with Crippen molar-refractivity contribution >= 4 is 12.3 Å². The van der Waals surface area contributed by atoms with Gasteiger partial charge >= 0.3 is 5.97 Å². The van der Waals surface area contributed by atoms with Crippen LogP contribution in [0.2, 0.25) is 0 Å². The molecular formula is C12H14O4. The molecule has 0 aliphatic carbocycles. The fourth-order valence-electron chi connectivity index (χ4n) is 1.46. The molecule has 0 amide bonds. The number of carbonyl (C=O) groups excluding carboxylic acids is 1. The van der Waals surface area contributed by atoms with E-state index in [1.54, 1.807) is 19.1 Å². The van der Waals surface area contributed by atoms with Crippen LogP contribution in [0.4, 0.5) is 0 Å². The van der Waals surface area contributed by atoms with Crippen LogP contribution in [0.5, 0.6) is 5.75 Å². The molecule has 0 bridgehead atoms. The van der Waals surface area contributed by atoms with Crippen LogP contribution in [0.25, 0.3) is 0 Å². The van der Waals surface area contributed by atoms with Gasteiger partial charge in [0.15, 0.2) is 0 Å². The predicted octanol–water partition coefficient (Wildman–Crippen LogP) is 1.40. The number of carboxylic acids is 1. The SMILES string of the molecule is CC(C=O)Cc1ccc(CC(=O)O)cc1O. The fraction of sp³-hybridized carbons (Fsp3) is 0.333. The number of carboxylic acid groups (broad SMARTS) is 1. The van der Waals surface area contributed by atoms with Gasteiger partial charge in [0.25, 0.3) is 0 Å². The van der Waals surface area contributed by atoms with Crippen LogP contribution in [-0.4, -0.2) is 22.5 Å². The average Bonchev–Trinajstić information content (AvgIpc) is 2.21. The Balaban J connectivity index is 2.82. The van der Waals surface area contributed by atoms with Gasteiger partial charge in [-0.15, -0.1) is 0 Å². The number of phenols is 1. The highest BCUT2D eigenvalue weighted by Gasteiger charge is 2.08. The van der Waals surface area contributed by atoms with Crippen LogP contribution in [0, 0.1) is 5.92 Å². The third-order valence-corrected chi connectivity index (χ3v) is 2.28. The molecule has 4 nitrogen and oxygen atoms in total. The molecule has 0 fully saturated rings. The van der Waals surface area contributed by atoms with Gasteiger partial charge < -0.3 is 15.0 Å². The molecule has 0 aliphatic rings. The third kappa shape index (κ3) is 3.38. The lowest BCUT2D eigenvalue weighted by atomic mass is 9.99. The van der Waals surface area contributed by atoms with Crippen molar-refractivity contribution in [3.05, 3.63) is 29.3 Å². The molecule has 0 radical (unpaired) electrons. The van der Waals surface area contributed by atoms with Crippen molar-refractivity contribution in [3.63, 3.8) is 0 Å². The molecule has 16 heavy (non-hydrogen) atoms. The first kappa shape index (κ1) is 12.2. The molecule has 1 rings (SSSR count). The molecule has 0 spiro atoms. The molecule has 0 aliphatic heterocycles. The summed E-state index contributed by atoms with van der Waals surface area (Å²) in [6.45, 7) is 1.76. The summed E-state index contributed by atoms with van der Waals surface area (Å²) >= 11 is 0. The van der Waals surface area contributed by atoms with E-state index in [2.05, 4.69) is 0 Å². The van der Waals surface area contributed by atoms with E-state index in [0.29, 0.717) is 17.5 Å². The van der Waals surface area contributed by atoms with Gasteiger partial charge in [-0.25, -0.2) is 0 Å². The summed E-state index contributed by atoms with van der Waals surface area (Å²) in [5.74, 6) is -1.04. The van der Waals surface area contributed by atoms with Crippen LogP contribution in [-0.2, 0) is 22.4 Å². The van der Waals surface area contributed by atoms with Crippen LogP contribution in [0.3, 0.4) is 0 Å². The maximum atomic E-state index is 10.5. The number of aldehydes is 1. The van der Waals surface area contributed by atoms with Gasteiger partial charge in [-0.2, -0.15) is 0 Å². The summed E-state index contributed by atoms with van der Waals surface area (Å²) in [6, 6.07) is 4.75. The highest BCUT2D eigenvalue weighted by atomic mass is 16.4. The zero-order valence-corrected chi connectivity index (χ0v) is 9.01. The molecule has 1 aromatic carbocycles. The van der Waals surface area contributed by atoms with Gasteiger partial charge in [-0.3, -0.25) is 4.79 Å². The number of phenolic OH excluding ortho intramolecular Hbond substituents is 1. The van der Waals surface area contributed by atoms with Crippen molar-refractivity contribution in [1.82, 2.24) is 0 Å². The Morgan fingerprint density at radius 1 is 1.50 bits per heavy atom. The highest BCUT2D eigenvalue weighted by Crippen LogP contribution is 2.21. The molecule has 1 atom stereocenters. The van der Waals surface area contributed by atoms with Gasteiger partial charge in [-0.05, 0) is 23.6 Å². The summed E-state index contributed by atoms with van der Waals surface area (Å²) in [5, 5.41) is 18.2. The lowest BCUT2D eigenvalue weighted by molar-refractivity contribution is -0.136. The second-order valence-electron chi connectivity index (χ2n) is 3.85. The number of rotatable bonds is 5.